The molecule has 1 saturated heterocycles. The van der Waals surface area contributed by atoms with Crippen LogP contribution in [-0.4, -0.2) is 24.9 Å². The van der Waals surface area contributed by atoms with E-state index in [2.05, 4.69) is 11.8 Å². The van der Waals surface area contributed by atoms with Crippen molar-refractivity contribution in [1.82, 2.24) is 0 Å². The second-order valence-corrected chi connectivity index (χ2v) is 2.04. The molecule has 1 rings (SSSR count). The van der Waals surface area contributed by atoms with Crippen LogP contribution >= 0.6 is 0 Å². The second kappa shape index (κ2) is 3.49. The van der Waals surface area contributed by atoms with Crippen molar-refractivity contribution in [2.75, 3.05) is 19.8 Å². The maximum Gasteiger partial charge on any atom is 0.104 e. The summed E-state index contributed by atoms with van der Waals surface area (Å²) in [5.41, 5.74) is 0. The number of hydrogen-bond acceptors (Lipinski definition) is 2. The molecule has 1 N–H and O–H groups in total. The molecule has 2 nitrogen and oxygen atoms in total. The van der Waals surface area contributed by atoms with E-state index in [0.717, 1.165) is 19.6 Å². The molecule has 0 aliphatic carbocycles. The van der Waals surface area contributed by atoms with Crippen molar-refractivity contribution in [3.8, 4) is 11.8 Å². The van der Waals surface area contributed by atoms with Gasteiger partial charge in [0.15, 0.2) is 0 Å². The van der Waals surface area contributed by atoms with Crippen LogP contribution in [0.1, 0.15) is 6.42 Å². The summed E-state index contributed by atoms with van der Waals surface area (Å²) in [5.74, 6) is 5.89. The van der Waals surface area contributed by atoms with Crippen molar-refractivity contribution in [1.29, 1.82) is 0 Å². The molecule has 1 aliphatic rings. The van der Waals surface area contributed by atoms with Gasteiger partial charge in [-0.3, -0.25) is 0 Å². The monoisotopic (exact) mass is 126 g/mol. The summed E-state index contributed by atoms with van der Waals surface area (Å²) >= 11 is 0. The molecule has 0 bridgehead atoms. The number of hydrogen-bond donors (Lipinski definition) is 1. The molecule has 0 radical (unpaired) electrons. The fourth-order valence-electron chi connectivity index (χ4n) is 0.838. The molecule has 1 atom stereocenters. The van der Waals surface area contributed by atoms with E-state index in [-0.39, 0.29) is 6.61 Å². The zero-order valence-corrected chi connectivity index (χ0v) is 5.26. The number of aliphatic hydroxyl groups excluding tert-OH is 1. The summed E-state index contributed by atoms with van der Waals surface area (Å²) in [5, 5.41) is 8.31. The predicted molar refractivity (Wildman–Crippen MR) is 33.8 cm³/mol. The van der Waals surface area contributed by atoms with Crippen molar-refractivity contribution in [2.24, 2.45) is 5.92 Å². The molecule has 0 spiro atoms. The summed E-state index contributed by atoms with van der Waals surface area (Å²) in [6, 6.07) is 0. The SMILES string of the molecule is OCC#CC1CCOC1. The minimum absolute atomic E-state index is 0.0312. The third kappa shape index (κ3) is 2.05. The smallest absolute Gasteiger partial charge is 0.104 e. The molecule has 50 valence electrons. The van der Waals surface area contributed by atoms with E-state index >= 15 is 0 Å². The van der Waals surface area contributed by atoms with Gasteiger partial charge in [0.2, 0.25) is 0 Å². The van der Waals surface area contributed by atoms with E-state index in [1.807, 2.05) is 0 Å². The van der Waals surface area contributed by atoms with Crippen LogP contribution in [0.4, 0.5) is 0 Å². The van der Waals surface area contributed by atoms with E-state index in [1.54, 1.807) is 0 Å². The molecule has 1 unspecified atom stereocenters. The lowest BCUT2D eigenvalue weighted by Gasteiger charge is -1.91. The van der Waals surface area contributed by atoms with E-state index in [1.165, 1.54) is 0 Å². The maximum absolute atomic E-state index is 8.31. The van der Waals surface area contributed by atoms with E-state index in [9.17, 15) is 0 Å². The Balaban J connectivity index is 2.26. The van der Waals surface area contributed by atoms with Gasteiger partial charge in [0.1, 0.15) is 6.61 Å². The number of aliphatic hydroxyl groups is 1. The Kier molecular flexibility index (Phi) is 2.56. The van der Waals surface area contributed by atoms with Gasteiger partial charge in [-0.2, -0.15) is 0 Å². The zero-order chi connectivity index (χ0) is 6.53. The summed E-state index contributed by atoms with van der Waals surface area (Å²) in [4.78, 5) is 0. The van der Waals surface area contributed by atoms with Crippen LogP contribution in [0, 0.1) is 17.8 Å². The lowest BCUT2D eigenvalue weighted by Crippen LogP contribution is -1.93. The van der Waals surface area contributed by atoms with Crippen molar-refractivity contribution in [3.63, 3.8) is 0 Å². The molecule has 1 aliphatic heterocycles. The minimum Gasteiger partial charge on any atom is -0.384 e. The third-order valence-electron chi connectivity index (χ3n) is 1.31. The van der Waals surface area contributed by atoms with Gasteiger partial charge in [-0.05, 0) is 6.42 Å². The largest absolute Gasteiger partial charge is 0.384 e. The molecule has 0 aromatic rings. The van der Waals surface area contributed by atoms with Crippen LogP contribution in [0.3, 0.4) is 0 Å². The van der Waals surface area contributed by atoms with Gasteiger partial charge in [-0.15, -0.1) is 0 Å². The summed E-state index contributed by atoms with van der Waals surface area (Å²) in [6.07, 6.45) is 1.02. The number of rotatable bonds is 0. The Hall–Kier alpha value is -0.520. The average molecular weight is 126 g/mol. The Morgan fingerprint density at radius 2 is 2.56 bits per heavy atom. The first kappa shape index (κ1) is 6.60. The Morgan fingerprint density at radius 1 is 1.67 bits per heavy atom. The summed E-state index contributed by atoms with van der Waals surface area (Å²) in [6.45, 7) is 1.54. The topological polar surface area (TPSA) is 29.5 Å². The predicted octanol–water partition coefficient (Wildman–Crippen LogP) is 0.0186. The highest BCUT2D eigenvalue weighted by Gasteiger charge is 2.11. The molecule has 0 amide bonds. The molecule has 2 heteroatoms. The molecule has 9 heavy (non-hydrogen) atoms. The second-order valence-electron chi connectivity index (χ2n) is 2.04. The summed E-state index contributed by atoms with van der Waals surface area (Å²) < 4.78 is 5.07. The normalized spacial score (nSPS) is 25.2. The first-order chi connectivity index (χ1) is 4.43. The van der Waals surface area contributed by atoms with Crippen molar-refractivity contribution in [3.05, 3.63) is 0 Å². The van der Waals surface area contributed by atoms with E-state index in [4.69, 9.17) is 9.84 Å². The van der Waals surface area contributed by atoms with Crippen LogP contribution in [0.2, 0.25) is 0 Å². The van der Waals surface area contributed by atoms with Crippen LogP contribution in [0.25, 0.3) is 0 Å². The Bertz CT molecular complexity index is 126. The lowest BCUT2D eigenvalue weighted by atomic mass is 10.1. The molecule has 0 aromatic carbocycles. The Labute approximate surface area is 54.8 Å². The van der Waals surface area contributed by atoms with Gasteiger partial charge in [-0.25, -0.2) is 0 Å². The first-order valence-corrected chi connectivity index (χ1v) is 3.10. The first-order valence-electron chi connectivity index (χ1n) is 3.10. The minimum atomic E-state index is -0.0312. The third-order valence-corrected chi connectivity index (χ3v) is 1.31. The van der Waals surface area contributed by atoms with Gasteiger partial charge in [-0.1, -0.05) is 11.8 Å². The van der Waals surface area contributed by atoms with Gasteiger partial charge in [0.25, 0.3) is 0 Å². The van der Waals surface area contributed by atoms with Gasteiger partial charge in [0.05, 0.1) is 6.61 Å². The molecular weight excluding hydrogens is 116 g/mol. The van der Waals surface area contributed by atoms with E-state index < -0.39 is 0 Å². The molecule has 1 heterocycles. The standard InChI is InChI=1S/C7H10O2/c8-4-1-2-7-3-5-9-6-7/h7-8H,3-6H2. The van der Waals surface area contributed by atoms with Crippen LogP contribution in [-0.2, 0) is 4.74 Å². The fourth-order valence-corrected chi connectivity index (χ4v) is 0.838. The fraction of sp³-hybridized carbons (Fsp3) is 0.714. The van der Waals surface area contributed by atoms with Gasteiger partial charge in [0, 0.05) is 12.5 Å². The van der Waals surface area contributed by atoms with Gasteiger partial charge < -0.3 is 9.84 Å². The highest BCUT2D eigenvalue weighted by Crippen LogP contribution is 2.09. The van der Waals surface area contributed by atoms with Crippen LogP contribution < -0.4 is 0 Å². The highest BCUT2D eigenvalue weighted by molar-refractivity contribution is 5.04. The average Bonchev–Trinajstić information content (AvgIpc) is 2.34. The molecule has 1 fully saturated rings. The van der Waals surface area contributed by atoms with E-state index in [0.29, 0.717) is 5.92 Å². The highest BCUT2D eigenvalue weighted by atomic mass is 16.5. The lowest BCUT2D eigenvalue weighted by molar-refractivity contribution is 0.192. The number of ether oxygens (including phenoxy) is 1. The van der Waals surface area contributed by atoms with Crippen molar-refractivity contribution >= 4 is 0 Å². The Morgan fingerprint density at radius 3 is 3.11 bits per heavy atom. The van der Waals surface area contributed by atoms with Crippen LogP contribution in [0.15, 0.2) is 0 Å². The zero-order valence-electron chi connectivity index (χ0n) is 5.26. The molecule has 0 aromatic heterocycles. The van der Waals surface area contributed by atoms with Crippen molar-refractivity contribution in [2.45, 2.75) is 6.42 Å². The maximum atomic E-state index is 8.31. The van der Waals surface area contributed by atoms with Crippen molar-refractivity contribution < 1.29 is 9.84 Å². The molecular formula is C7H10O2. The molecule has 0 saturated carbocycles. The van der Waals surface area contributed by atoms with Crippen LogP contribution in [0.5, 0.6) is 0 Å². The van der Waals surface area contributed by atoms with Gasteiger partial charge >= 0.3 is 0 Å². The summed E-state index contributed by atoms with van der Waals surface area (Å²) in [7, 11) is 0. The quantitative estimate of drug-likeness (QED) is 0.463.